The summed E-state index contributed by atoms with van der Waals surface area (Å²) in [6.07, 6.45) is 0. The van der Waals surface area contributed by atoms with Crippen molar-refractivity contribution in [2.75, 3.05) is 0 Å². The van der Waals surface area contributed by atoms with Crippen molar-refractivity contribution in [3.05, 3.63) is 50.8 Å². The van der Waals surface area contributed by atoms with E-state index >= 15 is 0 Å². The molecule has 6 heteroatoms. The molecule has 2 rings (SSSR count). The van der Waals surface area contributed by atoms with E-state index in [0.717, 1.165) is 20.5 Å². The Morgan fingerprint density at radius 1 is 1.16 bits per heavy atom. The van der Waals surface area contributed by atoms with Gasteiger partial charge in [0.15, 0.2) is 0 Å². The molecule has 102 valence electrons. The number of aryl methyl sites for hydroxylation is 2. The highest BCUT2D eigenvalue weighted by atomic mass is 79.9. The van der Waals surface area contributed by atoms with E-state index in [0.29, 0.717) is 10.8 Å². The predicted molar refractivity (Wildman–Crippen MR) is 82.0 cm³/mol. The molecule has 0 atom stereocenters. The number of thiophene rings is 1. The van der Waals surface area contributed by atoms with E-state index in [-0.39, 0.29) is 0 Å². The molecule has 0 fully saturated rings. The molecule has 1 heterocycles. The lowest BCUT2D eigenvalue weighted by Crippen LogP contribution is -2.22. The average Bonchev–Trinajstić information content (AvgIpc) is 2.73. The predicted octanol–water partition coefficient (Wildman–Crippen LogP) is 3.61. The fraction of sp³-hybridized carbons (Fsp3) is 0.231. The number of hydrogen-bond donors (Lipinski definition) is 1. The summed E-state index contributed by atoms with van der Waals surface area (Å²) in [6, 6.07) is 9.36. The van der Waals surface area contributed by atoms with E-state index in [1.165, 1.54) is 11.3 Å². The zero-order valence-corrected chi connectivity index (χ0v) is 13.8. The smallest absolute Gasteiger partial charge is 0.206 e. The van der Waals surface area contributed by atoms with Gasteiger partial charge < -0.3 is 0 Å². The summed E-state index contributed by atoms with van der Waals surface area (Å²) in [5, 5.41) is 0. The first-order chi connectivity index (χ1) is 8.87. The van der Waals surface area contributed by atoms with Gasteiger partial charge in [0.1, 0.15) is 4.21 Å². The van der Waals surface area contributed by atoms with Gasteiger partial charge in [0, 0.05) is 6.54 Å². The van der Waals surface area contributed by atoms with E-state index < -0.39 is 10.0 Å². The first-order valence-corrected chi connectivity index (χ1v) is 8.78. The Bertz CT molecular complexity index is 672. The van der Waals surface area contributed by atoms with Gasteiger partial charge in [-0.15, -0.1) is 11.3 Å². The minimum Gasteiger partial charge on any atom is -0.206 e. The first-order valence-electron chi connectivity index (χ1n) is 5.69. The topological polar surface area (TPSA) is 46.2 Å². The largest absolute Gasteiger partial charge is 0.250 e. The maximum absolute atomic E-state index is 12.1. The second kappa shape index (κ2) is 5.75. The van der Waals surface area contributed by atoms with Crippen LogP contribution in [0.25, 0.3) is 0 Å². The molecule has 0 spiro atoms. The summed E-state index contributed by atoms with van der Waals surface area (Å²) in [5.41, 5.74) is 3.23. The van der Waals surface area contributed by atoms with Gasteiger partial charge in [0.2, 0.25) is 10.0 Å². The summed E-state index contributed by atoms with van der Waals surface area (Å²) < 4.78 is 27.9. The fourth-order valence-corrected chi connectivity index (χ4v) is 4.93. The number of nitrogens with one attached hydrogen (secondary N) is 1. The van der Waals surface area contributed by atoms with Crippen molar-refractivity contribution in [3.63, 3.8) is 0 Å². The lowest BCUT2D eigenvalue weighted by atomic mass is 10.1. The van der Waals surface area contributed by atoms with Crippen LogP contribution in [0, 0.1) is 13.8 Å². The molecule has 0 aliphatic heterocycles. The third-order valence-corrected chi connectivity index (χ3v) is 6.08. The quantitative estimate of drug-likeness (QED) is 0.906. The van der Waals surface area contributed by atoms with Gasteiger partial charge in [0.25, 0.3) is 0 Å². The van der Waals surface area contributed by atoms with Crippen LogP contribution >= 0.6 is 27.3 Å². The summed E-state index contributed by atoms with van der Waals surface area (Å²) in [6.45, 7) is 4.31. The van der Waals surface area contributed by atoms with Crippen LogP contribution in [0.3, 0.4) is 0 Å². The molecule has 1 aromatic carbocycles. The maximum Gasteiger partial charge on any atom is 0.250 e. The minimum atomic E-state index is -3.42. The third-order valence-electron chi connectivity index (χ3n) is 2.56. The fourth-order valence-electron chi connectivity index (χ4n) is 1.86. The maximum atomic E-state index is 12.1. The Morgan fingerprint density at radius 2 is 1.79 bits per heavy atom. The van der Waals surface area contributed by atoms with Crippen molar-refractivity contribution >= 4 is 37.3 Å². The summed E-state index contributed by atoms with van der Waals surface area (Å²) >= 11 is 4.47. The molecule has 0 bridgehead atoms. The average molecular weight is 360 g/mol. The summed E-state index contributed by atoms with van der Waals surface area (Å²) in [4.78, 5) is 0. The summed E-state index contributed by atoms with van der Waals surface area (Å²) in [7, 11) is -3.42. The van der Waals surface area contributed by atoms with Gasteiger partial charge in [-0.2, -0.15) is 0 Å². The lowest BCUT2D eigenvalue weighted by molar-refractivity contribution is 0.583. The second-order valence-corrected chi connectivity index (χ2v) is 8.84. The molecule has 0 unspecified atom stereocenters. The highest BCUT2D eigenvalue weighted by Gasteiger charge is 2.16. The molecule has 1 aromatic heterocycles. The zero-order chi connectivity index (χ0) is 14.0. The molecule has 3 nitrogen and oxygen atoms in total. The van der Waals surface area contributed by atoms with Crippen molar-refractivity contribution in [2.45, 2.75) is 24.6 Å². The third kappa shape index (κ3) is 3.89. The van der Waals surface area contributed by atoms with Crippen LogP contribution in [0.5, 0.6) is 0 Å². The Morgan fingerprint density at radius 3 is 2.32 bits per heavy atom. The monoisotopic (exact) mass is 359 g/mol. The number of sulfonamides is 1. The first kappa shape index (κ1) is 14.7. The van der Waals surface area contributed by atoms with Crippen LogP contribution in [-0.4, -0.2) is 8.42 Å². The molecule has 19 heavy (non-hydrogen) atoms. The van der Waals surface area contributed by atoms with Crippen LogP contribution < -0.4 is 4.72 Å². The normalized spacial score (nSPS) is 11.7. The number of halogens is 1. The molecule has 1 N–H and O–H groups in total. The highest BCUT2D eigenvalue weighted by molar-refractivity contribution is 9.11. The van der Waals surface area contributed by atoms with Crippen molar-refractivity contribution in [3.8, 4) is 0 Å². The van der Waals surface area contributed by atoms with Gasteiger partial charge in [-0.25, -0.2) is 13.1 Å². The van der Waals surface area contributed by atoms with Crippen LogP contribution in [0.15, 0.2) is 38.3 Å². The van der Waals surface area contributed by atoms with Crippen LogP contribution in [0.1, 0.15) is 16.7 Å². The standard InChI is InChI=1S/C13H14BrNO2S2/c1-9-5-10(2)7-11(6-9)8-15-19(16,17)13-4-3-12(14)18-13/h3-7,15H,8H2,1-2H3. The number of rotatable bonds is 4. The van der Waals surface area contributed by atoms with Gasteiger partial charge in [0.05, 0.1) is 3.79 Å². The molecule has 0 aliphatic carbocycles. The molecule has 0 radical (unpaired) electrons. The molecule has 0 amide bonds. The Labute approximate surface area is 125 Å². The van der Waals surface area contributed by atoms with Crippen molar-refractivity contribution < 1.29 is 8.42 Å². The number of benzene rings is 1. The molecular formula is C13H14BrNO2S2. The van der Waals surface area contributed by atoms with E-state index in [1.54, 1.807) is 12.1 Å². The molecule has 0 aliphatic rings. The zero-order valence-electron chi connectivity index (χ0n) is 10.6. The van der Waals surface area contributed by atoms with Crippen LogP contribution in [0.4, 0.5) is 0 Å². The second-order valence-electron chi connectivity index (χ2n) is 4.38. The minimum absolute atomic E-state index is 0.306. The van der Waals surface area contributed by atoms with Gasteiger partial charge in [-0.05, 0) is 47.5 Å². The van der Waals surface area contributed by atoms with E-state index in [2.05, 4.69) is 26.7 Å². The van der Waals surface area contributed by atoms with Crippen LogP contribution in [0.2, 0.25) is 0 Å². The van der Waals surface area contributed by atoms with Crippen molar-refractivity contribution in [1.82, 2.24) is 4.72 Å². The van der Waals surface area contributed by atoms with Crippen LogP contribution in [-0.2, 0) is 16.6 Å². The molecule has 0 saturated carbocycles. The summed E-state index contributed by atoms with van der Waals surface area (Å²) in [5.74, 6) is 0. The van der Waals surface area contributed by atoms with Gasteiger partial charge in [-0.3, -0.25) is 0 Å². The molecule has 2 aromatic rings. The highest BCUT2D eigenvalue weighted by Crippen LogP contribution is 2.25. The van der Waals surface area contributed by atoms with Gasteiger partial charge in [-0.1, -0.05) is 29.3 Å². The van der Waals surface area contributed by atoms with E-state index in [9.17, 15) is 8.42 Å². The van der Waals surface area contributed by atoms with Crippen molar-refractivity contribution in [2.24, 2.45) is 0 Å². The Kier molecular flexibility index (Phi) is 4.45. The molecule has 0 saturated heterocycles. The Hall–Kier alpha value is -0.690. The lowest BCUT2D eigenvalue weighted by Gasteiger charge is -2.07. The SMILES string of the molecule is Cc1cc(C)cc(CNS(=O)(=O)c2ccc(Br)s2)c1. The van der Waals surface area contributed by atoms with Crippen molar-refractivity contribution in [1.29, 1.82) is 0 Å². The van der Waals surface area contributed by atoms with Gasteiger partial charge >= 0.3 is 0 Å². The number of hydrogen-bond acceptors (Lipinski definition) is 3. The Balaban J connectivity index is 2.14. The van der Waals surface area contributed by atoms with E-state index in [1.807, 2.05) is 26.0 Å². The molecular weight excluding hydrogens is 346 g/mol. The van der Waals surface area contributed by atoms with E-state index in [4.69, 9.17) is 0 Å².